The van der Waals surface area contributed by atoms with Crippen LogP contribution in [0, 0.1) is 10.8 Å². The first-order chi connectivity index (χ1) is 5.80. The van der Waals surface area contributed by atoms with Gasteiger partial charge in [0.25, 0.3) is 0 Å². The summed E-state index contributed by atoms with van der Waals surface area (Å²) in [5.41, 5.74) is 0.812. The molecule has 0 aromatic carbocycles. The highest BCUT2D eigenvalue weighted by Gasteiger charge is 2.67. The molecule has 1 aliphatic heterocycles. The van der Waals surface area contributed by atoms with Crippen LogP contribution in [0.4, 0.5) is 0 Å². The van der Waals surface area contributed by atoms with Gasteiger partial charge in [-0.05, 0) is 17.8 Å². The van der Waals surface area contributed by atoms with Crippen molar-refractivity contribution >= 4 is 0 Å². The van der Waals surface area contributed by atoms with E-state index in [-0.39, 0.29) is 5.60 Å². The Morgan fingerprint density at radius 3 is 1.69 bits per heavy atom. The van der Waals surface area contributed by atoms with Crippen molar-refractivity contribution in [1.29, 1.82) is 0 Å². The summed E-state index contributed by atoms with van der Waals surface area (Å²) in [6, 6.07) is 0. The normalized spacial score (nSPS) is 33.9. The van der Waals surface area contributed by atoms with E-state index in [0.29, 0.717) is 16.9 Å². The van der Waals surface area contributed by atoms with Gasteiger partial charge in [-0.15, -0.1) is 0 Å². The van der Waals surface area contributed by atoms with E-state index < -0.39 is 0 Å². The molecule has 2 fully saturated rings. The molecule has 76 valence electrons. The van der Waals surface area contributed by atoms with Crippen LogP contribution in [0.3, 0.4) is 0 Å². The van der Waals surface area contributed by atoms with Crippen molar-refractivity contribution in [3.8, 4) is 0 Å². The molecule has 1 saturated heterocycles. The largest absolute Gasteiger partial charge is 0.368 e. The average molecular weight is 183 g/mol. The summed E-state index contributed by atoms with van der Waals surface area (Å²) in [6.45, 7) is 13.4. The zero-order chi connectivity index (χ0) is 9.91. The Morgan fingerprint density at radius 2 is 1.46 bits per heavy atom. The molecule has 1 N–H and O–H groups in total. The molecule has 2 heteroatoms. The van der Waals surface area contributed by atoms with Crippen molar-refractivity contribution in [2.75, 3.05) is 13.1 Å². The van der Waals surface area contributed by atoms with E-state index in [9.17, 15) is 0 Å². The third-order valence-corrected chi connectivity index (χ3v) is 4.29. The van der Waals surface area contributed by atoms with Crippen molar-refractivity contribution in [2.24, 2.45) is 10.8 Å². The molecule has 0 aromatic heterocycles. The smallest absolute Gasteiger partial charge is 0.0906 e. The standard InChI is InChI=1S/C11H21NO/c1-9(2)8(10(9,3)4)13-11(5)6-12-7-11/h8,12H,6-7H2,1-5H3. The predicted molar refractivity (Wildman–Crippen MR) is 53.7 cm³/mol. The maximum Gasteiger partial charge on any atom is 0.0906 e. The highest BCUT2D eigenvalue weighted by Crippen LogP contribution is 2.65. The van der Waals surface area contributed by atoms with E-state index in [2.05, 4.69) is 39.9 Å². The van der Waals surface area contributed by atoms with Crippen molar-refractivity contribution in [1.82, 2.24) is 5.32 Å². The molecular formula is C11H21NO. The van der Waals surface area contributed by atoms with Gasteiger partial charge in [0.1, 0.15) is 0 Å². The van der Waals surface area contributed by atoms with E-state index in [4.69, 9.17) is 4.74 Å². The fourth-order valence-electron chi connectivity index (χ4n) is 2.28. The molecule has 0 unspecified atom stereocenters. The summed E-state index contributed by atoms with van der Waals surface area (Å²) < 4.78 is 6.15. The van der Waals surface area contributed by atoms with Gasteiger partial charge in [0.15, 0.2) is 0 Å². The molecule has 0 aromatic rings. The lowest BCUT2D eigenvalue weighted by Gasteiger charge is -2.40. The van der Waals surface area contributed by atoms with E-state index >= 15 is 0 Å². The van der Waals surface area contributed by atoms with Crippen molar-refractivity contribution in [3.05, 3.63) is 0 Å². The van der Waals surface area contributed by atoms with Crippen LogP contribution in [-0.2, 0) is 4.74 Å². The van der Waals surface area contributed by atoms with Crippen LogP contribution in [-0.4, -0.2) is 24.8 Å². The Kier molecular flexibility index (Phi) is 1.67. The highest BCUT2D eigenvalue weighted by atomic mass is 16.5. The van der Waals surface area contributed by atoms with E-state index in [1.807, 2.05) is 0 Å². The second-order valence-electron chi connectivity index (χ2n) is 5.99. The topological polar surface area (TPSA) is 21.3 Å². The molecule has 0 bridgehead atoms. The molecule has 2 rings (SSSR count). The molecule has 0 atom stereocenters. The third-order valence-electron chi connectivity index (χ3n) is 4.29. The monoisotopic (exact) mass is 183 g/mol. The van der Waals surface area contributed by atoms with Crippen LogP contribution < -0.4 is 5.32 Å². The first-order valence-electron chi connectivity index (χ1n) is 5.18. The minimum atomic E-state index is 0.107. The molecule has 13 heavy (non-hydrogen) atoms. The van der Waals surface area contributed by atoms with Gasteiger partial charge < -0.3 is 10.1 Å². The van der Waals surface area contributed by atoms with Gasteiger partial charge in [-0.3, -0.25) is 0 Å². The molecule has 0 spiro atoms. The minimum Gasteiger partial charge on any atom is -0.368 e. The molecule has 2 nitrogen and oxygen atoms in total. The third kappa shape index (κ3) is 1.15. The first kappa shape index (κ1) is 9.47. The fraction of sp³-hybridized carbons (Fsp3) is 1.00. The zero-order valence-corrected chi connectivity index (χ0v) is 9.40. The van der Waals surface area contributed by atoms with Gasteiger partial charge in [0, 0.05) is 13.1 Å². The van der Waals surface area contributed by atoms with Gasteiger partial charge in [0.2, 0.25) is 0 Å². The van der Waals surface area contributed by atoms with Gasteiger partial charge in [0.05, 0.1) is 11.7 Å². The van der Waals surface area contributed by atoms with Gasteiger partial charge in [-0.25, -0.2) is 0 Å². The second-order valence-corrected chi connectivity index (χ2v) is 5.99. The minimum absolute atomic E-state index is 0.107. The first-order valence-corrected chi connectivity index (χ1v) is 5.18. The zero-order valence-electron chi connectivity index (χ0n) is 9.40. The van der Waals surface area contributed by atoms with Crippen molar-refractivity contribution in [3.63, 3.8) is 0 Å². The lowest BCUT2D eigenvalue weighted by Crippen LogP contribution is -2.59. The number of hydrogen-bond acceptors (Lipinski definition) is 2. The van der Waals surface area contributed by atoms with E-state index in [1.54, 1.807) is 0 Å². The summed E-state index contributed by atoms with van der Waals surface area (Å²) in [4.78, 5) is 0. The maximum absolute atomic E-state index is 6.15. The lowest BCUT2D eigenvalue weighted by atomic mass is 10.00. The Bertz CT molecular complexity index is 214. The summed E-state index contributed by atoms with van der Waals surface area (Å²) in [5.74, 6) is 0. The van der Waals surface area contributed by atoms with Crippen molar-refractivity contribution in [2.45, 2.75) is 46.3 Å². The molecule has 0 radical (unpaired) electrons. The summed E-state index contributed by atoms with van der Waals surface area (Å²) in [5, 5.41) is 3.26. The van der Waals surface area contributed by atoms with Crippen LogP contribution in [0.1, 0.15) is 34.6 Å². The molecule has 0 amide bonds. The number of nitrogens with one attached hydrogen (secondary N) is 1. The molecular weight excluding hydrogens is 162 g/mol. The van der Waals surface area contributed by atoms with Gasteiger partial charge in [-0.1, -0.05) is 27.7 Å². The number of hydrogen-bond donors (Lipinski definition) is 1. The predicted octanol–water partition coefficient (Wildman–Crippen LogP) is 1.80. The molecule has 1 aliphatic carbocycles. The highest BCUT2D eigenvalue weighted by molar-refractivity contribution is 5.16. The Morgan fingerprint density at radius 1 is 1.00 bits per heavy atom. The van der Waals surface area contributed by atoms with Crippen LogP contribution >= 0.6 is 0 Å². The van der Waals surface area contributed by atoms with Crippen molar-refractivity contribution < 1.29 is 4.74 Å². The maximum atomic E-state index is 6.15. The quantitative estimate of drug-likeness (QED) is 0.705. The number of rotatable bonds is 2. The van der Waals surface area contributed by atoms with Crippen LogP contribution in [0.5, 0.6) is 0 Å². The molecule has 1 heterocycles. The van der Waals surface area contributed by atoms with Crippen LogP contribution in [0.25, 0.3) is 0 Å². The summed E-state index contributed by atoms with van der Waals surface area (Å²) >= 11 is 0. The summed E-state index contributed by atoms with van der Waals surface area (Å²) in [7, 11) is 0. The average Bonchev–Trinajstić information content (AvgIpc) is 2.29. The second kappa shape index (κ2) is 2.29. The van der Waals surface area contributed by atoms with Gasteiger partial charge in [-0.2, -0.15) is 0 Å². The summed E-state index contributed by atoms with van der Waals surface area (Å²) in [6.07, 6.45) is 0.437. The number of ether oxygens (including phenoxy) is 1. The molecule has 1 saturated carbocycles. The molecule has 2 aliphatic rings. The Hall–Kier alpha value is -0.0800. The van der Waals surface area contributed by atoms with Crippen LogP contribution in [0.15, 0.2) is 0 Å². The SMILES string of the molecule is CC1(OC2C(C)(C)C2(C)C)CNC1. The Balaban J connectivity index is 1.98. The van der Waals surface area contributed by atoms with E-state index in [0.717, 1.165) is 13.1 Å². The van der Waals surface area contributed by atoms with E-state index in [1.165, 1.54) is 0 Å². The van der Waals surface area contributed by atoms with Crippen LogP contribution in [0.2, 0.25) is 0 Å². The Labute approximate surface area is 81.0 Å². The fourth-order valence-corrected chi connectivity index (χ4v) is 2.28. The lowest BCUT2D eigenvalue weighted by molar-refractivity contribution is -0.0930. The van der Waals surface area contributed by atoms with Gasteiger partial charge >= 0.3 is 0 Å².